The van der Waals surface area contributed by atoms with Crippen molar-refractivity contribution in [3.8, 4) is 0 Å². The standard InChI is InChI=1S/C11H13FN2O3/c12-8-9-5-10(7-11(6-9)14(15)16)13-1-3-17-4-2-13/h5-7H,1-4,8H2. The summed E-state index contributed by atoms with van der Waals surface area (Å²) in [6.07, 6.45) is 0. The van der Waals surface area contributed by atoms with Gasteiger partial charge in [-0.1, -0.05) is 0 Å². The van der Waals surface area contributed by atoms with Crippen LogP contribution >= 0.6 is 0 Å². The first kappa shape index (κ1) is 11.8. The first-order valence-electron chi connectivity index (χ1n) is 5.38. The number of hydrogen-bond acceptors (Lipinski definition) is 4. The highest BCUT2D eigenvalue weighted by Gasteiger charge is 2.16. The number of morpholine rings is 1. The van der Waals surface area contributed by atoms with Crippen molar-refractivity contribution in [2.75, 3.05) is 31.2 Å². The fourth-order valence-electron chi connectivity index (χ4n) is 1.84. The molecule has 1 aromatic carbocycles. The van der Waals surface area contributed by atoms with Crippen LogP contribution in [0.4, 0.5) is 15.8 Å². The van der Waals surface area contributed by atoms with Crippen LogP contribution in [0, 0.1) is 10.1 Å². The average molecular weight is 240 g/mol. The Kier molecular flexibility index (Phi) is 3.53. The molecule has 1 aliphatic rings. The highest BCUT2D eigenvalue weighted by atomic mass is 19.1. The minimum Gasteiger partial charge on any atom is -0.378 e. The van der Waals surface area contributed by atoms with E-state index >= 15 is 0 Å². The molecule has 0 aliphatic carbocycles. The van der Waals surface area contributed by atoms with E-state index in [0.717, 1.165) is 0 Å². The summed E-state index contributed by atoms with van der Waals surface area (Å²) >= 11 is 0. The summed E-state index contributed by atoms with van der Waals surface area (Å²) in [5.74, 6) is 0. The van der Waals surface area contributed by atoms with Crippen LogP contribution in [0.1, 0.15) is 5.56 Å². The summed E-state index contributed by atoms with van der Waals surface area (Å²) in [6, 6.07) is 4.40. The van der Waals surface area contributed by atoms with Crippen LogP contribution < -0.4 is 4.90 Å². The van der Waals surface area contributed by atoms with Crippen LogP contribution in [0.2, 0.25) is 0 Å². The number of rotatable bonds is 3. The Bertz CT molecular complexity index is 419. The zero-order valence-electron chi connectivity index (χ0n) is 9.26. The number of ether oxygens (including phenoxy) is 1. The van der Waals surface area contributed by atoms with Crippen molar-refractivity contribution >= 4 is 11.4 Å². The molecular weight excluding hydrogens is 227 g/mol. The Hall–Kier alpha value is -1.69. The lowest BCUT2D eigenvalue weighted by molar-refractivity contribution is -0.384. The highest BCUT2D eigenvalue weighted by molar-refractivity contribution is 5.56. The number of non-ortho nitro benzene ring substituents is 1. The predicted octanol–water partition coefficient (Wildman–Crippen LogP) is 1.90. The van der Waals surface area contributed by atoms with E-state index in [-0.39, 0.29) is 5.69 Å². The molecule has 0 amide bonds. The molecule has 1 fully saturated rings. The molecule has 0 aromatic heterocycles. The Balaban J connectivity index is 2.31. The molecule has 6 heteroatoms. The smallest absolute Gasteiger partial charge is 0.271 e. The van der Waals surface area contributed by atoms with E-state index in [1.54, 1.807) is 6.07 Å². The molecule has 0 spiro atoms. The van der Waals surface area contributed by atoms with Crippen LogP contribution in [0.3, 0.4) is 0 Å². The van der Waals surface area contributed by atoms with Crippen molar-refractivity contribution < 1.29 is 14.1 Å². The topological polar surface area (TPSA) is 55.6 Å². The largest absolute Gasteiger partial charge is 0.378 e. The molecule has 1 aliphatic heterocycles. The van der Waals surface area contributed by atoms with E-state index in [0.29, 0.717) is 37.6 Å². The van der Waals surface area contributed by atoms with Gasteiger partial charge < -0.3 is 9.64 Å². The van der Waals surface area contributed by atoms with Crippen molar-refractivity contribution in [3.05, 3.63) is 33.9 Å². The third-order valence-electron chi connectivity index (χ3n) is 2.70. The number of halogens is 1. The molecule has 0 atom stereocenters. The number of hydrogen-bond donors (Lipinski definition) is 0. The van der Waals surface area contributed by atoms with E-state index in [4.69, 9.17) is 4.74 Å². The van der Waals surface area contributed by atoms with Crippen LogP contribution in [0.5, 0.6) is 0 Å². The third kappa shape index (κ3) is 2.71. The Morgan fingerprint density at radius 3 is 2.65 bits per heavy atom. The SMILES string of the molecule is O=[N+]([O-])c1cc(CF)cc(N2CCOCC2)c1. The second kappa shape index (κ2) is 5.09. The molecule has 17 heavy (non-hydrogen) atoms. The van der Waals surface area contributed by atoms with Gasteiger partial charge in [0.25, 0.3) is 5.69 Å². The quantitative estimate of drug-likeness (QED) is 0.598. The van der Waals surface area contributed by atoms with Crippen LogP contribution in [-0.2, 0) is 11.4 Å². The normalized spacial score (nSPS) is 15.9. The van der Waals surface area contributed by atoms with Gasteiger partial charge in [0.05, 0.1) is 18.1 Å². The van der Waals surface area contributed by atoms with Gasteiger partial charge in [0, 0.05) is 30.9 Å². The molecule has 0 saturated carbocycles. The highest BCUT2D eigenvalue weighted by Crippen LogP contribution is 2.25. The van der Waals surface area contributed by atoms with Gasteiger partial charge in [-0.2, -0.15) is 0 Å². The van der Waals surface area contributed by atoms with E-state index in [9.17, 15) is 14.5 Å². The number of nitro groups is 1. The van der Waals surface area contributed by atoms with Gasteiger partial charge in [-0.3, -0.25) is 10.1 Å². The number of alkyl halides is 1. The van der Waals surface area contributed by atoms with E-state index in [2.05, 4.69) is 0 Å². The fraction of sp³-hybridized carbons (Fsp3) is 0.455. The minimum atomic E-state index is -0.695. The summed E-state index contributed by atoms with van der Waals surface area (Å²) in [6.45, 7) is 1.83. The molecule has 0 bridgehead atoms. The Morgan fingerprint density at radius 2 is 2.06 bits per heavy atom. The maximum Gasteiger partial charge on any atom is 0.271 e. The maximum atomic E-state index is 12.7. The summed E-state index contributed by atoms with van der Waals surface area (Å²) < 4.78 is 17.9. The van der Waals surface area contributed by atoms with Crippen LogP contribution in [0.15, 0.2) is 18.2 Å². The zero-order valence-corrected chi connectivity index (χ0v) is 9.26. The fourth-order valence-corrected chi connectivity index (χ4v) is 1.84. The van der Waals surface area contributed by atoms with Crippen molar-refractivity contribution in [1.82, 2.24) is 0 Å². The molecule has 1 saturated heterocycles. The molecule has 1 heterocycles. The van der Waals surface area contributed by atoms with Gasteiger partial charge in [0.1, 0.15) is 6.67 Å². The summed E-state index contributed by atoms with van der Waals surface area (Å²) in [5, 5.41) is 10.7. The van der Waals surface area contributed by atoms with Gasteiger partial charge >= 0.3 is 0 Å². The first-order chi connectivity index (χ1) is 8.20. The van der Waals surface area contributed by atoms with Gasteiger partial charge in [-0.15, -0.1) is 0 Å². The van der Waals surface area contributed by atoms with Crippen molar-refractivity contribution in [3.63, 3.8) is 0 Å². The minimum absolute atomic E-state index is 0.0679. The molecule has 0 radical (unpaired) electrons. The number of benzene rings is 1. The lowest BCUT2D eigenvalue weighted by Crippen LogP contribution is -2.36. The molecule has 92 valence electrons. The second-order valence-electron chi connectivity index (χ2n) is 3.85. The summed E-state index contributed by atoms with van der Waals surface area (Å²) in [5.41, 5.74) is 0.956. The predicted molar refractivity (Wildman–Crippen MR) is 60.9 cm³/mol. The van der Waals surface area contributed by atoms with E-state index in [1.807, 2.05) is 4.90 Å². The first-order valence-corrected chi connectivity index (χ1v) is 5.38. The monoisotopic (exact) mass is 240 g/mol. The summed E-state index contributed by atoms with van der Waals surface area (Å²) in [4.78, 5) is 12.2. The van der Waals surface area contributed by atoms with Gasteiger partial charge in [0.15, 0.2) is 0 Å². The lowest BCUT2D eigenvalue weighted by atomic mass is 10.1. The molecule has 2 rings (SSSR count). The molecule has 0 N–H and O–H groups in total. The second-order valence-corrected chi connectivity index (χ2v) is 3.85. The third-order valence-corrected chi connectivity index (χ3v) is 2.70. The van der Waals surface area contributed by atoms with Crippen molar-refractivity contribution in [2.24, 2.45) is 0 Å². The molecule has 0 unspecified atom stereocenters. The Labute approximate surface area is 97.9 Å². The van der Waals surface area contributed by atoms with Crippen LogP contribution in [0.25, 0.3) is 0 Å². The van der Waals surface area contributed by atoms with Gasteiger partial charge in [0.2, 0.25) is 0 Å². The van der Waals surface area contributed by atoms with Gasteiger partial charge in [-0.25, -0.2) is 4.39 Å². The zero-order chi connectivity index (χ0) is 12.3. The molecule has 1 aromatic rings. The Morgan fingerprint density at radius 1 is 1.35 bits per heavy atom. The summed E-state index contributed by atoms with van der Waals surface area (Å²) in [7, 11) is 0. The van der Waals surface area contributed by atoms with Crippen LogP contribution in [-0.4, -0.2) is 31.2 Å². The maximum absolute atomic E-state index is 12.7. The van der Waals surface area contributed by atoms with E-state index < -0.39 is 11.6 Å². The lowest BCUT2D eigenvalue weighted by Gasteiger charge is -2.28. The number of anilines is 1. The average Bonchev–Trinajstić information content (AvgIpc) is 2.39. The number of nitro benzene ring substituents is 1. The number of nitrogens with zero attached hydrogens (tertiary/aromatic N) is 2. The molecular formula is C11H13FN2O3. The van der Waals surface area contributed by atoms with Gasteiger partial charge in [-0.05, 0) is 11.6 Å². The van der Waals surface area contributed by atoms with Crippen molar-refractivity contribution in [1.29, 1.82) is 0 Å². The molecule has 5 nitrogen and oxygen atoms in total. The van der Waals surface area contributed by atoms with Crippen molar-refractivity contribution in [2.45, 2.75) is 6.67 Å². The van der Waals surface area contributed by atoms with E-state index in [1.165, 1.54) is 12.1 Å².